The molecule has 2 aromatic carbocycles. The molecular weight excluding hydrogens is 318 g/mol. The predicted octanol–water partition coefficient (Wildman–Crippen LogP) is 3.59. The third-order valence-electron chi connectivity index (χ3n) is 4.51. The molecule has 0 saturated carbocycles. The fourth-order valence-corrected chi connectivity index (χ4v) is 3.18. The van der Waals surface area contributed by atoms with Crippen LogP contribution in [0.15, 0.2) is 42.5 Å². The lowest BCUT2D eigenvalue weighted by molar-refractivity contribution is -0.140. The number of rotatable bonds is 5. The van der Waals surface area contributed by atoms with Gasteiger partial charge in [0.25, 0.3) is 0 Å². The standard InChI is InChI=1S/C20H21NO4/c1-12(2)18(19(22)23)21-20(24)25-11-14-7-5-9-16-15-8-4-3-6-13(15)10-17(14)16/h3-9,12,18H,10-11H2,1-2H3,(H,21,24)(H,22,23)/t18-/m0/s1. The van der Waals surface area contributed by atoms with Gasteiger partial charge in [-0.25, -0.2) is 9.59 Å². The summed E-state index contributed by atoms with van der Waals surface area (Å²) in [7, 11) is 0. The van der Waals surface area contributed by atoms with Crippen LogP contribution >= 0.6 is 0 Å². The highest BCUT2D eigenvalue weighted by Gasteiger charge is 2.25. The van der Waals surface area contributed by atoms with Crippen LogP contribution in [0.5, 0.6) is 0 Å². The van der Waals surface area contributed by atoms with Crippen LogP contribution in [0.4, 0.5) is 4.79 Å². The first kappa shape index (κ1) is 17.0. The van der Waals surface area contributed by atoms with Gasteiger partial charge in [0, 0.05) is 0 Å². The number of aliphatic carboxylic acids is 1. The van der Waals surface area contributed by atoms with Gasteiger partial charge in [-0.15, -0.1) is 0 Å². The van der Waals surface area contributed by atoms with Gasteiger partial charge in [-0.3, -0.25) is 0 Å². The molecule has 0 fully saturated rings. The van der Waals surface area contributed by atoms with Gasteiger partial charge in [-0.05, 0) is 40.2 Å². The number of nitrogens with one attached hydrogen (secondary N) is 1. The zero-order chi connectivity index (χ0) is 18.0. The maximum atomic E-state index is 12.0. The van der Waals surface area contributed by atoms with Crippen LogP contribution in [0, 0.1) is 5.92 Å². The monoisotopic (exact) mass is 339 g/mol. The summed E-state index contributed by atoms with van der Waals surface area (Å²) in [4.78, 5) is 23.1. The second kappa shape index (κ2) is 6.97. The molecule has 1 aliphatic carbocycles. The molecule has 2 N–H and O–H groups in total. The van der Waals surface area contributed by atoms with Crippen LogP contribution in [0.25, 0.3) is 11.1 Å². The Morgan fingerprint density at radius 2 is 1.84 bits per heavy atom. The van der Waals surface area contributed by atoms with E-state index in [0.717, 1.165) is 17.5 Å². The van der Waals surface area contributed by atoms with Crippen LogP contribution in [-0.2, 0) is 22.6 Å². The van der Waals surface area contributed by atoms with Crippen molar-refractivity contribution in [3.63, 3.8) is 0 Å². The number of carbonyl (C=O) groups excluding carboxylic acids is 1. The fourth-order valence-electron chi connectivity index (χ4n) is 3.18. The topological polar surface area (TPSA) is 75.6 Å². The van der Waals surface area contributed by atoms with Gasteiger partial charge in [-0.1, -0.05) is 56.3 Å². The molecule has 1 amide bonds. The molecule has 130 valence electrons. The lowest BCUT2D eigenvalue weighted by atomic mass is 10.0. The smallest absolute Gasteiger partial charge is 0.408 e. The van der Waals surface area contributed by atoms with Crippen molar-refractivity contribution >= 4 is 12.1 Å². The van der Waals surface area contributed by atoms with Gasteiger partial charge in [-0.2, -0.15) is 0 Å². The quantitative estimate of drug-likeness (QED) is 0.745. The zero-order valence-electron chi connectivity index (χ0n) is 14.3. The summed E-state index contributed by atoms with van der Waals surface area (Å²) in [6.45, 7) is 3.59. The minimum Gasteiger partial charge on any atom is -0.480 e. The Morgan fingerprint density at radius 1 is 1.12 bits per heavy atom. The lowest BCUT2D eigenvalue weighted by Crippen LogP contribution is -2.44. The average Bonchev–Trinajstić information content (AvgIpc) is 2.96. The van der Waals surface area contributed by atoms with E-state index >= 15 is 0 Å². The number of carbonyl (C=O) groups is 2. The van der Waals surface area contributed by atoms with E-state index in [4.69, 9.17) is 9.84 Å². The first-order chi connectivity index (χ1) is 12.0. The van der Waals surface area contributed by atoms with Crippen molar-refractivity contribution in [1.82, 2.24) is 5.32 Å². The molecule has 3 rings (SSSR count). The van der Waals surface area contributed by atoms with E-state index < -0.39 is 18.1 Å². The van der Waals surface area contributed by atoms with Crippen LogP contribution in [0.2, 0.25) is 0 Å². The molecule has 5 heteroatoms. The number of carboxylic acid groups (broad SMARTS) is 1. The Morgan fingerprint density at radius 3 is 2.56 bits per heavy atom. The van der Waals surface area contributed by atoms with Crippen molar-refractivity contribution in [2.75, 3.05) is 0 Å². The molecule has 1 atom stereocenters. The van der Waals surface area contributed by atoms with Gasteiger partial charge in [0.2, 0.25) is 0 Å². The number of carboxylic acids is 1. The van der Waals surface area contributed by atoms with Crippen molar-refractivity contribution in [3.8, 4) is 11.1 Å². The first-order valence-electron chi connectivity index (χ1n) is 8.32. The molecule has 2 aromatic rings. The Bertz CT molecular complexity index is 813. The van der Waals surface area contributed by atoms with Crippen molar-refractivity contribution in [1.29, 1.82) is 0 Å². The predicted molar refractivity (Wildman–Crippen MR) is 94.3 cm³/mol. The second-order valence-corrected chi connectivity index (χ2v) is 6.56. The zero-order valence-corrected chi connectivity index (χ0v) is 14.3. The maximum absolute atomic E-state index is 12.0. The summed E-state index contributed by atoms with van der Waals surface area (Å²) in [5.74, 6) is -1.29. The van der Waals surface area contributed by atoms with E-state index in [2.05, 4.69) is 23.5 Å². The Kier molecular flexibility index (Phi) is 4.74. The summed E-state index contributed by atoms with van der Waals surface area (Å²) in [5, 5.41) is 11.5. The van der Waals surface area contributed by atoms with Crippen molar-refractivity contribution in [2.24, 2.45) is 5.92 Å². The number of benzene rings is 2. The first-order valence-corrected chi connectivity index (χ1v) is 8.32. The molecule has 0 heterocycles. The van der Waals surface area contributed by atoms with Crippen molar-refractivity contribution < 1.29 is 19.4 Å². The minimum absolute atomic E-state index is 0.118. The summed E-state index contributed by atoms with van der Waals surface area (Å²) in [6, 6.07) is 13.2. The van der Waals surface area contributed by atoms with E-state index in [9.17, 15) is 9.59 Å². The molecule has 0 radical (unpaired) electrons. The summed E-state index contributed by atoms with van der Waals surface area (Å²) >= 11 is 0. The number of amides is 1. The highest BCUT2D eigenvalue weighted by molar-refractivity contribution is 5.80. The summed E-state index contributed by atoms with van der Waals surface area (Å²) in [5.41, 5.74) is 5.76. The van der Waals surface area contributed by atoms with Gasteiger partial charge in [0.1, 0.15) is 12.6 Å². The third kappa shape index (κ3) is 3.50. The van der Waals surface area contributed by atoms with Crippen LogP contribution in [0.1, 0.15) is 30.5 Å². The highest BCUT2D eigenvalue weighted by atomic mass is 16.5. The maximum Gasteiger partial charge on any atom is 0.408 e. The van der Waals surface area contributed by atoms with E-state index in [1.807, 2.05) is 24.3 Å². The Hall–Kier alpha value is -2.82. The number of hydrogen-bond acceptors (Lipinski definition) is 3. The van der Waals surface area contributed by atoms with Gasteiger partial charge >= 0.3 is 12.1 Å². The number of ether oxygens (including phenoxy) is 1. The number of fused-ring (bicyclic) bond motifs is 3. The summed E-state index contributed by atoms with van der Waals surface area (Å²) in [6.07, 6.45) is 0.102. The number of hydrogen-bond donors (Lipinski definition) is 2. The Labute approximate surface area is 146 Å². The Balaban J connectivity index is 1.69. The summed E-state index contributed by atoms with van der Waals surface area (Å²) < 4.78 is 5.27. The largest absolute Gasteiger partial charge is 0.480 e. The average molecular weight is 339 g/mol. The number of alkyl carbamates (subject to hydrolysis) is 1. The molecular formula is C20H21NO4. The lowest BCUT2D eigenvalue weighted by Gasteiger charge is -2.18. The molecule has 1 aliphatic rings. The molecule has 0 saturated heterocycles. The molecule has 0 aliphatic heterocycles. The van der Waals surface area contributed by atoms with Crippen molar-refractivity contribution in [3.05, 3.63) is 59.2 Å². The molecule has 0 bridgehead atoms. The SMILES string of the molecule is CC(C)[C@H](NC(=O)OCc1cccc2c1Cc1ccccc1-2)C(=O)O. The third-order valence-corrected chi connectivity index (χ3v) is 4.51. The van der Waals surface area contributed by atoms with Gasteiger partial charge in [0.15, 0.2) is 0 Å². The van der Waals surface area contributed by atoms with E-state index in [0.29, 0.717) is 0 Å². The molecule has 0 aromatic heterocycles. The molecule has 25 heavy (non-hydrogen) atoms. The van der Waals surface area contributed by atoms with Crippen molar-refractivity contribution in [2.45, 2.75) is 32.9 Å². The minimum atomic E-state index is -1.07. The normalized spacial score (nSPS) is 13.1. The molecule has 0 spiro atoms. The van der Waals surface area contributed by atoms with Gasteiger partial charge in [0.05, 0.1) is 0 Å². The van der Waals surface area contributed by atoms with Crippen LogP contribution in [-0.4, -0.2) is 23.2 Å². The van der Waals surface area contributed by atoms with E-state index in [1.54, 1.807) is 13.8 Å². The fraction of sp³-hybridized carbons (Fsp3) is 0.300. The highest BCUT2D eigenvalue weighted by Crippen LogP contribution is 2.38. The molecule has 0 unspecified atom stereocenters. The second-order valence-electron chi connectivity index (χ2n) is 6.56. The van der Waals surface area contributed by atoms with Crippen LogP contribution in [0.3, 0.4) is 0 Å². The van der Waals surface area contributed by atoms with E-state index in [-0.39, 0.29) is 12.5 Å². The van der Waals surface area contributed by atoms with E-state index in [1.165, 1.54) is 16.7 Å². The van der Waals surface area contributed by atoms with Crippen LogP contribution < -0.4 is 5.32 Å². The van der Waals surface area contributed by atoms with Gasteiger partial charge < -0.3 is 15.2 Å². The molecule has 5 nitrogen and oxygen atoms in total.